The Kier molecular flexibility index (Phi) is 4.25. The molecule has 1 atom stereocenters. The lowest BCUT2D eigenvalue weighted by Gasteiger charge is -2.32. The van der Waals surface area contributed by atoms with Crippen LogP contribution < -0.4 is 9.47 Å². The minimum atomic E-state index is 0.0506. The van der Waals surface area contributed by atoms with Gasteiger partial charge in [0.2, 0.25) is 0 Å². The van der Waals surface area contributed by atoms with Crippen molar-refractivity contribution < 1.29 is 19.7 Å². The Morgan fingerprint density at radius 2 is 1.71 bits per heavy atom. The van der Waals surface area contributed by atoms with Crippen LogP contribution in [0.15, 0.2) is 36.5 Å². The largest absolute Gasteiger partial charge is 0.504 e. The molecule has 1 aliphatic heterocycles. The molecule has 0 aromatic heterocycles. The van der Waals surface area contributed by atoms with Gasteiger partial charge in [-0.05, 0) is 59.7 Å². The van der Waals surface area contributed by atoms with Gasteiger partial charge >= 0.3 is 0 Å². The second-order valence-corrected chi connectivity index (χ2v) is 5.86. The summed E-state index contributed by atoms with van der Waals surface area (Å²) in [5, 5.41) is 20.1. The van der Waals surface area contributed by atoms with Gasteiger partial charge in [-0.25, -0.2) is 0 Å². The SMILES string of the molecule is COc1ccc(CC2c3cc(O)c(OC)cc3C=CN2C)cc1O. The molecule has 1 aliphatic rings. The molecule has 2 aromatic carbocycles. The third-order valence-corrected chi connectivity index (χ3v) is 4.40. The standard InChI is InChI=1S/C19H21NO4/c1-20-7-6-13-10-19(24-3)17(22)11-14(13)15(20)8-12-4-5-18(23-2)16(21)9-12/h4-7,9-11,15,21-22H,8H2,1-3H3. The smallest absolute Gasteiger partial charge is 0.161 e. The van der Waals surface area contributed by atoms with E-state index in [0.717, 1.165) is 16.7 Å². The van der Waals surface area contributed by atoms with Crippen molar-refractivity contribution in [2.45, 2.75) is 12.5 Å². The molecule has 1 unspecified atom stereocenters. The fraction of sp³-hybridized carbons (Fsp3) is 0.263. The number of fused-ring (bicyclic) bond motifs is 1. The average molecular weight is 327 g/mol. The summed E-state index contributed by atoms with van der Waals surface area (Å²) in [4.78, 5) is 2.09. The molecule has 0 saturated heterocycles. The first-order valence-electron chi connectivity index (χ1n) is 7.70. The van der Waals surface area contributed by atoms with Crippen LogP contribution in [0.4, 0.5) is 0 Å². The van der Waals surface area contributed by atoms with Crippen LogP contribution in [0.25, 0.3) is 6.08 Å². The Morgan fingerprint density at radius 3 is 2.38 bits per heavy atom. The summed E-state index contributed by atoms with van der Waals surface area (Å²) in [5.41, 5.74) is 3.03. The van der Waals surface area contributed by atoms with Crippen molar-refractivity contribution >= 4 is 6.08 Å². The van der Waals surface area contributed by atoms with E-state index in [9.17, 15) is 10.2 Å². The summed E-state index contributed by atoms with van der Waals surface area (Å²) in [6, 6.07) is 9.06. The summed E-state index contributed by atoms with van der Waals surface area (Å²) >= 11 is 0. The van der Waals surface area contributed by atoms with E-state index in [4.69, 9.17) is 9.47 Å². The van der Waals surface area contributed by atoms with Gasteiger partial charge in [-0.15, -0.1) is 0 Å². The highest BCUT2D eigenvalue weighted by Crippen LogP contribution is 2.39. The molecule has 0 amide bonds. The highest BCUT2D eigenvalue weighted by molar-refractivity contribution is 5.62. The lowest BCUT2D eigenvalue weighted by atomic mass is 9.91. The van der Waals surface area contributed by atoms with Gasteiger partial charge in [0.1, 0.15) is 0 Å². The van der Waals surface area contributed by atoms with Gasteiger partial charge in [-0.2, -0.15) is 0 Å². The van der Waals surface area contributed by atoms with Crippen LogP contribution in [0.2, 0.25) is 0 Å². The zero-order valence-corrected chi connectivity index (χ0v) is 14.0. The number of ether oxygens (including phenoxy) is 2. The van der Waals surface area contributed by atoms with E-state index >= 15 is 0 Å². The Morgan fingerprint density at radius 1 is 1.00 bits per heavy atom. The Hall–Kier alpha value is -2.82. The molecule has 0 spiro atoms. The van der Waals surface area contributed by atoms with Crippen LogP contribution in [-0.4, -0.2) is 36.4 Å². The molecule has 3 rings (SSSR count). The van der Waals surface area contributed by atoms with Crippen LogP contribution in [0.1, 0.15) is 22.7 Å². The van der Waals surface area contributed by atoms with E-state index in [2.05, 4.69) is 4.90 Å². The highest BCUT2D eigenvalue weighted by atomic mass is 16.5. The number of hydrogen-bond acceptors (Lipinski definition) is 5. The number of hydrogen-bond donors (Lipinski definition) is 2. The summed E-state index contributed by atoms with van der Waals surface area (Å²) in [7, 11) is 5.06. The third kappa shape index (κ3) is 2.85. The molecule has 2 aromatic rings. The molecule has 0 radical (unpaired) electrons. The zero-order chi connectivity index (χ0) is 17.3. The molecular formula is C19H21NO4. The Labute approximate surface area is 141 Å². The molecule has 2 N–H and O–H groups in total. The van der Waals surface area contributed by atoms with Gasteiger partial charge in [0.15, 0.2) is 23.0 Å². The number of nitrogens with zero attached hydrogens (tertiary/aromatic N) is 1. The van der Waals surface area contributed by atoms with E-state index in [-0.39, 0.29) is 17.5 Å². The summed E-state index contributed by atoms with van der Waals surface area (Å²) in [6.45, 7) is 0. The number of rotatable bonds is 4. The molecule has 0 fully saturated rings. The maximum Gasteiger partial charge on any atom is 0.161 e. The van der Waals surface area contributed by atoms with Crippen LogP contribution >= 0.6 is 0 Å². The number of benzene rings is 2. The molecule has 5 heteroatoms. The van der Waals surface area contributed by atoms with Crippen LogP contribution in [-0.2, 0) is 6.42 Å². The van der Waals surface area contributed by atoms with Crippen molar-refractivity contribution in [3.05, 3.63) is 53.2 Å². The molecule has 1 heterocycles. The first-order valence-corrected chi connectivity index (χ1v) is 7.70. The van der Waals surface area contributed by atoms with Crippen molar-refractivity contribution in [2.24, 2.45) is 0 Å². The first kappa shape index (κ1) is 16.1. The minimum Gasteiger partial charge on any atom is -0.504 e. The van der Waals surface area contributed by atoms with Gasteiger partial charge in [0, 0.05) is 7.05 Å². The molecule has 0 aliphatic carbocycles. The van der Waals surface area contributed by atoms with Gasteiger partial charge in [-0.1, -0.05) is 6.07 Å². The average Bonchev–Trinajstić information content (AvgIpc) is 2.57. The van der Waals surface area contributed by atoms with Crippen LogP contribution in [0, 0.1) is 0 Å². The van der Waals surface area contributed by atoms with Crippen LogP contribution in [0.3, 0.4) is 0 Å². The normalized spacial score (nSPS) is 16.0. The second kappa shape index (κ2) is 6.35. The maximum atomic E-state index is 10.1. The van der Waals surface area contributed by atoms with Crippen molar-refractivity contribution in [3.8, 4) is 23.0 Å². The minimum absolute atomic E-state index is 0.0506. The molecule has 24 heavy (non-hydrogen) atoms. The van der Waals surface area contributed by atoms with E-state index < -0.39 is 0 Å². The maximum absolute atomic E-state index is 10.1. The van der Waals surface area contributed by atoms with Crippen molar-refractivity contribution in [2.75, 3.05) is 21.3 Å². The van der Waals surface area contributed by atoms with Crippen LogP contribution in [0.5, 0.6) is 23.0 Å². The van der Waals surface area contributed by atoms with Gasteiger partial charge < -0.3 is 24.6 Å². The van der Waals surface area contributed by atoms with Crippen molar-refractivity contribution in [3.63, 3.8) is 0 Å². The summed E-state index contributed by atoms with van der Waals surface area (Å²) in [5.74, 6) is 1.17. The third-order valence-electron chi connectivity index (χ3n) is 4.40. The first-order chi connectivity index (χ1) is 11.5. The predicted octanol–water partition coefficient (Wildman–Crippen LogP) is 3.31. The van der Waals surface area contributed by atoms with Crippen molar-refractivity contribution in [1.82, 2.24) is 4.90 Å². The zero-order valence-electron chi connectivity index (χ0n) is 14.0. The van der Waals surface area contributed by atoms with Crippen molar-refractivity contribution in [1.29, 1.82) is 0 Å². The monoisotopic (exact) mass is 327 g/mol. The Balaban J connectivity index is 1.95. The topological polar surface area (TPSA) is 62.2 Å². The molecule has 126 valence electrons. The predicted molar refractivity (Wildman–Crippen MR) is 92.6 cm³/mol. The second-order valence-electron chi connectivity index (χ2n) is 5.86. The van der Waals surface area contributed by atoms with Gasteiger partial charge in [0.25, 0.3) is 0 Å². The fourth-order valence-corrected chi connectivity index (χ4v) is 3.06. The van der Waals surface area contributed by atoms with E-state index in [1.54, 1.807) is 18.2 Å². The highest BCUT2D eigenvalue weighted by Gasteiger charge is 2.24. The summed E-state index contributed by atoms with van der Waals surface area (Å²) < 4.78 is 10.3. The Bertz CT molecular complexity index is 785. The van der Waals surface area contributed by atoms with E-state index in [1.165, 1.54) is 14.2 Å². The lowest BCUT2D eigenvalue weighted by molar-refractivity contribution is 0.326. The van der Waals surface area contributed by atoms with E-state index in [0.29, 0.717) is 17.9 Å². The molecule has 5 nitrogen and oxygen atoms in total. The van der Waals surface area contributed by atoms with Gasteiger partial charge in [-0.3, -0.25) is 0 Å². The van der Waals surface area contributed by atoms with E-state index in [1.807, 2.05) is 31.5 Å². The molecule has 0 saturated carbocycles. The number of likely N-dealkylation sites (N-methyl/N-ethyl adjacent to an activating group) is 1. The molecule has 0 bridgehead atoms. The van der Waals surface area contributed by atoms with Gasteiger partial charge in [0.05, 0.1) is 20.3 Å². The quantitative estimate of drug-likeness (QED) is 0.902. The lowest BCUT2D eigenvalue weighted by Crippen LogP contribution is -2.24. The summed E-state index contributed by atoms with van der Waals surface area (Å²) in [6.07, 6.45) is 4.70. The number of methoxy groups -OCH3 is 2. The fourth-order valence-electron chi connectivity index (χ4n) is 3.06. The molecular weight excluding hydrogens is 306 g/mol. The number of phenols is 2. The number of aromatic hydroxyl groups is 2. The number of phenolic OH excluding ortho intramolecular Hbond substituents is 2.